The maximum atomic E-state index is 12.9. The number of allylic oxidation sites excluding steroid dienone is 1. The number of piperidine rings is 1. The summed E-state index contributed by atoms with van der Waals surface area (Å²) in [6.45, 7) is 6.30. The lowest BCUT2D eigenvalue weighted by Gasteiger charge is -2.22. The minimum atomic E-state index is -0.557. The molecule has 2 aromatic rings. The summed E-state index contributed by atoms with van der Waals surface area (Å²) in [6, 6.07) is 12.7. The fourth-order valence-corrected chi connectivity index (χ4v) is 5.59. The molecule has 1 saturated heterocycles. The zero-order valence-electron chi connectivity index (χ0n) is 21.7. The topological polar surface area (TPSA) is 121 Å². The van der Waals surface area contributed by atoms with Crippen LogP contribution >= 0.6 is 11.6 Å². The van der Waals surface area contributed by atoms with Gasteiger partial charge in [-0.3, -0.25) is 9.59 Å². The summed E-state index contributed by atoms with van der Waals surface area (Å²) in [6.07, 6.45) is -0.435. The Morgan fingerprint density at radius 3 is 2.54 bits per heavy atom. The molecule has 1 aliphatic carbocycles. The summed E-state index contributed by atoms with van der Waals surface area (Å²) in [7, 11) is 0. The summed E-state index contributed by atoms with van der Waals surface area (Å²) in [5.41, 5.74) is 3.63. The lowest BCUT2D eigenvalue weighted by molar-refractivity contribution is -0.135. The van der Waals surface area contributed by atoms with Crippen molar-refractivity contribution in [1.82, 2.24) is 10.2 Å². The van der Waals surface area contributed by atoms with Crippen molar-refractivity contribution in [3.63, 3.8) is 0 Å². The second-order valence-electron chi connectivity index (χ2n) is 11.1. The van der Waals surface area contributed by atoms with Crippen LogP contribution in [-0.2, 0) is 19.2 Å². The zero-order valence-corrected chi connectivity index (χ0v) is 22.5. The number of nitrogens with zero attached hydrogens (tertiary/aromatic N) is 2. The number of carbonyl (C=O) groups is 3. The van der Waals surface area contributed by atoms with Crippen molar-refractivity contribution in [3.05, 3.63) is 64.3 Å². The number of carbonyl (C=O) groups excluding carboxylic acids is 3. The maximum Gasteiger partial charge on any atom is 0.407 e. The van der Waals surface area contributed by atoms with E-state index in [0.717, 1.165) is 11.3 Å². The highest BCUT2D eigenvalue weighted by Gasteiger charge is 2.57. The molecule has 3 atom stereocenters. The molecule has 4 aliphatic rings. The van der Waals surface area contributed by atoms with Crippen LogP contribution in [0.15, 0.2) is 53.3 Å². The molecule has 10 nitrogen and oxygen atoms in total. The second-order valence-corrected chi connectivity index (χ2v) is 11.5. The first-order valence-corrected chi connectivity index (χ1v) is 13.2. The number of likely N-dealkylation sites (tertiary alicyclic amines) is 1. The van der Waals surface area contributed by atoms with Crippen LogP contribution in [0, 0.1) is 11.8 Å². The van der Waals surface area contributed by atoms with Crippen LogP contribution in [0.25, 0.3) is 5.57 Å². The maximum absolute atomic E-state index is 12.9. The number of ether oxygens (including phenoxy) is 1. The average Bonchev–Trinajstić information content (AvgIpc) is 3.22. The monoisotopic (exact) mass is 549 g/mol. The predicted octanol–water partition coefficient (Wildman–Crippen LogP) is 3.83. The van der Waals surface area contributed by atoms with Crippen molar-refractivity contribution in [2.75, 3.05) is 30.3 Å². The standard InChI is InChI=1S/C28H28ClN5O5/c1-28(2,3)39-27(37)32-23-17-11-34(12-18(17)23)21(35)13-38-33-24-15-6-4-5-7-19(15)30-25(24)22-16-10-14(29)8-9-20(16)31-26(22)36/h4-10,17-18,23,30H,11-13H2,1-3H3,(H,31,36)(H,32,37)/b25-22-,33-24+/t17-,18+,23?. The van der Waals surface area contributed by atoms with Gasteiger partial charge in [0.15, 0.2) is 6.61 Å². The minimum absolute atomic E-state index is 0.0225. The third-order valence-corrected chi connectivity index (χ3v) is 7.46. The normalized spacial score (nSPS) is 25.4. The number of benzene rings is 2. The molecule has 2 aromatic carbocycles. The van der Waals surface area contributed by atoms with Gasteiger partial charge >= 0.3 is 6.09 Å². The molecule has 6 rings (SSSR count). The Labute approximate surface area is 230 Å². The van der Waals surface area contributed by atoms with Gasteiger partial charge in [0.25, 0.3) is 11.8 Å². The molecule has 0 bridgehead atoms. The van der Waals surface area contributed by atoms with E-state index in [1.165, 1.54) is 0 Å². The third-order valence-electron chi connectivity index (χ3n) is 7.23. The first-order chi connectivity index (χ1) is 18.6. The van der Waals surface area contributed by atoms with Crippen molar-refractivity contribution in [1.29, 1.82) is 0 Å². The first-order valence-electron chi connectivity index (χ1n) is 12.8. The van der Waals surface area contributed by atoms with Gasteiger partial charge in [-0.05, 0) is 45.0 Å². The van der Waals surface area contributed by atoms with Gasteiger partial charge in [-0.2, -0.15) is 0 Å². The summed E-state index contributed by atoms with van der Waals surface area (Å²) in [5.74, 6) is -0.0467. The molecule has 0 spiro atoms. The van der Waals surface area contributed by atoms with Crippen LogP contribution in [0.4, 0.5) is 16.2 Å². The largest absolute Gasteiger partial charge is 0.444 e. The lowest BCUT2D eigenvalue weighted by Crippen LogP contribution is -2.40. The van der Waals surface area contributed by atoms with E-state index in [0.29, 0.717) is 46.3 Å². The number of para-hydroxylation sites is 1. The number of anilines is 2. The number of nitrogens with one attached hydrogen (secondary N) is 3. The van der Waals surface area contributed by atoms with Crippen molar-refractivity contribution < 1.29 is 24.0 Å². The summed E-state index contributed by atoms with van der Waals surface area (Å²) in [4.78, 5) is 45.1. The highest BCUT2D eigenvalue weighted by Crippen LogP contribution is 2.45. The molecule has 11 heteroatoms. The van der Waals surface area contributed by atoms with Gasteiger partial charge in [0.05, 0.1) is 11.3 Å². The lowest BCUT2D eigenvalue weighted by atomic mass is 10.0. The van der Waals surface area contributed by atoms with Gasteiger partial charge in [-0.25, -0.2) is 4.79 Å². The van der Waals surface area contributed by atoms with Crippen LogP contribution in [0.3, 0.4) is 0 Å². The molecule has 0 radical (unpaired) electrons. The van der Waals surface area contributed by atoms with Gasteiger partial charge in [0.2, 0.25) is 0 Å². The quantitative estimate of drug-likeness (QED) is 0.394. The van der Waals surface area contributed by atoms with Crippen molar-refractivity contribution in [3.8, 4) is 0 Å². The highest BCUT2D eigenvalue weighted by molar-refractivity contribution is 6.40. The number of hydrogen-bond acceptors (Lipinski definition) is 7. The number of hydrogen-bond donors (Lipinski definition) is 3. The second kappa shape index (κ2) is 9.30. The summed E-state index contributed by atoms with van der Waals surface area (Å²) < 4.78 is 5.33. The molecular weight excluding hydrogens is 522 g/mol. The van der Waals surface area contributed by atoms with Gasteiger partial charge in [-0.15, -0.1) is 0 Å². The number of rotatable bonds is 4. The van der Waals surface area contributed by atoms with Crippen LogP contribution in [0.5, 0.6) is 0 Å². The average molecular weight is 550 g/mol. The van der Waals surface area contributed by atoms with Crippen LogP contribution in [0.2, 0.25) is 5.02 Å². The fraction of sp³-hybridized carbons (Fsp3) is 0.357. The minimum Gasteiger partial charge on any atom is -0.444 e. The van der Waals surface area contributed by atoms with E-state index in [-0.39, 0.29) is 36.3 Å². The molecule has 1 saturated carbocycles. The van der Waals surface area contributed by atoms with Crippen LogP contribution < -0.4 is 16.0 Å². The molecule has 1 unspecified atom stereocenters. The molecule has 2 fully saturated rings. The van der Waals surface area contributed by atoms with Gasteiger partial charge in [0.1, 0.15) is 11.3 Å². The van der Waals surface area contributed by atoms with E-state index in [1.54, 1.807) is 23.1 Å². The SMILES string of the molecule is CC(C)(C)OC(=O)NC1[C@H]2CN(C(=O)CO/N=C3/C(=C4/C(=O)Nc5ccc(Cl)cc54)Nc4ccccc43)C[C@@H]12. The molecule has 3 aliphatic heterocycles. The van der Waals surface area contributed by atoms with E-state index in [9.17, 15) is 14.4 Å². The fourth-order valence-electron chi connectivity index (χ4n) is 5.42. The van der Waals surface area contributed by atoms with Crippen LogP contribution in [0.1, 0.15) is 31.9 Å². The Kier molecular flexibility index (Phi) is 6.02. The Hall–Kier alpha value is -4.05. The number of oxime groups is 1. The smallest absolute Gasteiger partial charge is 0.407 e. The highest BCUT2D eigenvalue weighted by atomic mass is 35.5. The molecule has 0 aromatic heterocycles. The molecule has 3 amide bonds. The Balaban J connectivity index is 1.13. The Morgan fingerprint density at radius 2 is 1.79 bits per heavy atom. The number of amides is 3. The molecule has 202 valence electrons. The van der Waals surface area contributed by atoms with Gasteiger partial charge in [-0.1, -0.05) is 35.0 Å². The first kappa shape index (κ1) is 25.2. The van der Waals surface area contributed by atoms with E-state index in [1.807, 2.05) is 45.0 Å². The number of alkyl carbamates (subject to hydrolysis) is 1. The van der Waals surface area contributed by atoms with Gasteiger partial charge < -0.3 is 30.4 Å². The van der Waals surface area contributed by atoms with Crippen molar-refractivity contribution in [2.45, 2.75) is 32.4 Å². The zero-order chi connectivity index (χ0) is 27.5. The van der Waals surface area contributed by atoms with Gasteiger partial charge in [0, 0.05) is 58.5 Å². The molecule has 39 heavy (non-hydrogen) atoms. The van der Waals surface area contributed by atoms with E-state index in [4.69, 9.17) is 21.2 Å². The molecule has 3 N–H and O–H groups in total. The molecular formula is C28H28ClN5O5. The number of fused-ring (bicyclic) bond motifs is 3. The third kappa shape index (κ3) is 4.80. The van der Waals surface area contributed by atoms with E-state index < -0.39 is 11.7 Å². The van der Waals surface area contributed by atoms with Crippen LogP contribution in [-0.4, -0.2) is 59.9 Å². The predicted molar refractivity (Wildman–Crippen MR) is 146 cm³/mol. The summed E-state index contributed by atoms with van der Waals surface area (Å²) in [5, 5.41) is 13.9. The van der Waals surface area contributed by atoms with Crippen molar-refractivity contribution >= 4 is 52.2 Å². The van der Waals surface area contributed by atoms with E-state index in [2.05, 4.69) is 21.1 Å². The van der Waals surface area contributed by atoms with E-state index >= 15 is 0 Å². The Bertz CT molecular complexity index is 1450. The van der Waals surface area contributed by atoms with Crippen molar-refractivity contribution in [2.24, 2.45) is 17.0 Å². The summed E-state index contributed by atoms with van der Waals surface area (Å²) >= 11 is 6.22. The number of halogens is 1. The Morgan fingerprint density at radius 1 is 1.08 bits per heavy atom. The molecule has 3 heterocycles.